The molecule has 2 fully saturated rings. The maximum Gasteiger partial charge on any atom is 0.254 e. The first kappa shape index (κ1) is 15.6. The molecular weight excluding hydrogens is 300 g/mol. The first-order valence-corrected chi connectivity index (χ1v) is 8.96. The third kappa shape index (κ3) is 2.91. The number of para-hydroxylation sites is 1. The Kier molecular flexibility index (Phi) is 4.01. The van der Waals surface area contributed by atoms with E-state index in [9.17, 15) is 9.90 Å². The van der Waals surface area contributed by atoms with Crippen LogP contribution in [0.15, 0.2) is 30.3 Å². The summed E-state index contributed by atoms with van der Waals surface area (Å²) in [5, 5.41) is 11.0. The Bertz CT molecular complexity index is 769. The number of hydrogen-bond donors (Lipinski definition) is 1. The molecule has 2 atom stereocenters. The molecule has 1 heterocycles. The molecule has 0 saturated heterocycles. The van der Waals surface area contributed by atoms with Gasteiger partial charge in [-0.1, -0.05) is 24.6 Å². The van der Waals surface area contributed by atoms with Crippen LogP contribution in [-0.2, 0) is 0 Å². The average molecular weight is 324 g/mol. The number of rotatable bonds is 4. The second kappa shape index (κ2) is 6.17. The van der Waals surface area contributed by atoms with Crippen molar-refractivity contribution in [2.75, 3.05) is 13.6 Å². The van der Waals surface area contributed by atoms with Crippen molar-refractivity contribution in [2.24, 2.45) is 5.92 Å². The second-order valence-electron chi connectivity index (χ2n) is 7.33. The maximum atomic E-state index is 13.1. The van der Waals surface area contributed by atoms with Crippen molar-refractivity contribution in [3.63, 3.8) is 0 Å². The standard InChI is InChI=1S/C20H24N2O2/c1-22(12-14-5-4-8-19(14)23)20(24)16-11-18(13-9-10-13)21-17-7-3-2-6-15(16)17/h2-3,6-7,11,13-14,19,23H,4-5,8-10,12H2,1H3. The van der Waals surface area contributed by atoms with Gasteiger partial charge in [0.2, 0.25) is 0 Å². The molecule has 1 N–H and O–H groups in total. The highest BCUT2D eigenvalue weighted by molar-refractivity contribution is 6.06. The zero-order chi connectivity index (χ0) is 16.7. The quantitative estimate of drug-likeness (QED) is 0.938. The number of carbonyl (C=O) groups is 1. The molecule has 2 saturated carbocycles. The number of fused-ring (bicyclic) bond motifs is 1. The fourth-order valence-corrected chi connectivity index (χ4v) is 3.83. The summed E-state index contributed by atoms with van der Waals surface area (Å²) in [7, 11) is 1.85. The summed E-state index contributed by atoms with van der Waals surface area (Å²) < 4.78 is 0. The molecule has 2 aliphatic rings. The van der Waals surface area contributed by atoms with Crippen molar-refractivity contribution in [1.29, 1.82) is 0 Å². The number of benzene rings is 1. The third-order valence-electron chi connectivity index (χ3n) is 5.44. The average Bonchev–Trinajstić information content (AvgIpc) is 3.37. The number of aromatic nitrogens is 1. The Labute approximate surface area is 142 Å². The van der Waals surface area contributed by atoms with Gasteiger partial charge in [0.05, 0.1) is 17.2 Å². The normalized spacial score (nSPS) is 23.6. The van der Waals surface area contributed by atoms with Gasteiger partial charge in [0.25, 0.3) is 5.91 Å². The molecule has 2 unspecified atom stereocenters. The highest BCUT2D eigenvalue weighted by Crippen LogP contribution is 2.40. The summed E-state index contributed by atoms with van der Waals surface area (Å²) in [5.41, 5.74) is 2.70. The first-order valence-electron chi connectivity index (χ1n) is 8.96. The van der Waals surface area contributed by atoms with E-state index in [2.05, 4.69) is 0 Å². The lowest BCUT2D eigenvalue weighted by atomic mass is 10.0. The Morgan fingerprint density at radius 2 is 2.04 bits per heavy atom. The molecule has 4 nitrogen and oxygen atoms in total. The van der Waals surface area contributed by atoms with E-state index in [1.165, 1.54) is 12.8 Å². The molecule has 2 aliphatic carbocycles. The number of carbonyl (C=O) groups excluding carboxylic acids is 1. The minimum atomic E-state index is -0.267. The van der Waals surface area contributed by atoms with Gasteiger partial charge >= 0.3 is 0 Å². The van der Waals surface area contributed by atoms with Crippen molar-refractivity contribution in [2.45, 2.75) is 44.1 Å². The molecule has 24 heavy (non-hydrogen) atoms. The van der Waals surface area contributed by atoms with Crippen molar-refractivity contribution in [3.05, 3.63) is 41.6 Å². The lowest BCUT2D eigenvalue weighted by molar-refractivity contribution is 0.0695. The van der Waals surface area contributed by atoms with E-state index in [-0.39, 0.29) is 17.9 Å². The number of pyridine rings is 1. The van der Waals surface area contributed by atoms with Crippen LogP contribution >= 0.6 is 0 Å². The number of aliphatic hydroxyl groups is 1. The van der Waals surface area contributed by atoms with Crippen molar-refractivity contribution < 1.29 is 9.90 Å². The lowest BCUT2D eigenvalue weighted by Gasteiger charge is -2.24. The van der Waals surface area contributed by atoms with Gasteiger partial charge in [-0.05, 0) is 37.8 Å². The summed E-state index contributed by atoms with van der Waals surface area (Å²) in [6, 6.07) is 9.88. The molecule has 2 aromatic rings. The van der Waals surface area contributed by atoms with Gasteiger partial charge in [0, 0.05) is 36.5 Å². The molecule has 1 aromatic heterocycles. The van der Waals surface area contributed by atoms with E-state index in [1.807, 2.05) is 37.4 Å². The van der Waals surface area contributed by atoms with Crippen LogP contribution in [0.2, 0.25) is 0 Å². The van der Waals surface area contributed by atoms with Crippen molar-refractivity contribution in [3.8, 4) is 0 Å². The molecule has 1 amide bonds. The molecule has 4 rings (SSSR count). The van der Waals surface area contributed by atoms with Gasteiger partial charge in [-0.3, -0.25) is 9.78 Å². The summed E-state index contributed by atoms with van der Waals surface area (Å²) >= 11 is 0. The summed E-state index contributed by atoms with van der Waals surface area (Å²) in [6.45, 7) is 0.620. The van der Waals surface area contributed by atoms with Gasteiger partial charge in [-0.25, -0.2) is 0 Å². The number of aliphatic hydroxyl groups excluding tert-OH is 1. The van der Waals surface area contributed by atoms with Crippen LogP contribution in [0.3, 0.4) is 0 Å². The topological polar surface area (TPSA) is 53.4 Å². The predicted octanol–water partition coefficient (Wildman–Crippen LogP) is 3.35. The Balaban J connectivity index is 1.65. The number of amides is 1. The van der Waals surface area contributed by atoms with E-state index in [1.54, 1.807) is 4.90 Å². The summed E-state index contributed by atoms with van der Waals surface area (Å²) in [5.74, 6) is 0.757. The van der Waals surface area contributed by atoms with Crippen LogP contribution in [-0.4, -0.2) is 40.6 Å². The van der Waals surface area contributed by atoms with Crippen LogP contribution in [0, 0.1) is 5.92 Å². The minimum Gasteiger partial charge on any atom is -0.393 e. The van der Waals surface area contributed by atoms with Crippen LogP contribution in [0.4, 0.5) is 0 Å². The number of hydrogen-bond acceptors (Lipinski definition) is 3. The Morgan fingerprint density at radius 1 is 1.25 bits per heavy atom. The van der Waals surface area contributed by atoms with Gasteiger partial charge in [-0.15, -0.1) is 0 Å². The third-order valence-corrected chi connectivity index (χ3v) is 5.44. The Hall–Kier alpha value is -1.94. The molecule has 1 aromatic carbocycles. The van der Waals surface area contributed by atoms with Gasteiger partial charge < -0.3 is 10.0 Å². The van der Waals surface area contributed by atoms with Crippen LogP contribution in [0.5, 0.6) is 0 Å². The number of nitrogens with zero attached hydrogens (tertiary/aromatic N) is 2. The second-order valence-corrected chi connectivity index (χ2v) is 7.33. The fourth-order valence-electron chi connectivity index (χ4n) is 3.83. The molecule has 0 aliphatic heterocycles. The zero-order valence-electron chi connectivity index (χ0n) is 14.1. The monoisotopic (exact) mass is 324 g/mol. The van der Waals surface area contributed by atoms with Gasteiger partial charge in [0.1, 0.15) is 0 Å². The molecule has 0 radical (unpaired) electrons. The highest BCUT2D eigenvalue weighted by Gasteiger charge is 2.30. The van der Waals surface area contributed by atoms with Crippen LogP contribution < -0.4 is 0 Å². The van der Waals surface area contributed by atoms with E-state index in [0.29, 0.717) is 12.5 Å². The first-order chi connectivity index (χ1) is 11.6. The molecular formula is C20H24N2O2. The predicted molar refractivity (Wildman–Crippen MR) is 94.0 cm³/mol. The molecule has 126 valence electrons. The molecule has 4 heteroatoms. The van der Waals surface area contributed by atoms with Crippen LogP contribution in [0.25, 0.3) is 10.9 Å². The highest BCUT2D eigenvalue weighted by atomic mass is 16.3. The lowest BCUT2D eigenvalue weighted by Crippen LogP contribution is -2.34. The minimum absolute atomic E-state index is 0.0367. The fraction of sp³-hybridized carbons (Fsp3) is 0.500. The van der Waals surface area contributed by atoms with Gasteiger partial charge in [0.15, 0.2) is 0 Å². The van der Waals surface area contributed by atoms with E-state index in [0.717, 1.165) is 41.4 Å². The van der Waals surface area contributed by atoms with Crippen molar-refractivity contribution in [1.82, 2.24) is 9.88 Å². The molecule has 0 bridgehead atoms. The summed E-state index contributed by atoms with van der Waals surface area (Å²) in [4.78, 5) is 19.6. The van der Waals surface area contributed by atoms with Crippen LogP contribution in [0.1, 0.15) is 54.1 Å². The smallest absolute Gasteiger partial charge is 0.254 e. The largest absolute Gasteiger partial charge is 0.393 e. The zero-order valence-corrected chi connectivity index (χ0v) is 14.1. The van der Waals surface area contributed by atoms with E-state index < -0.39 is 0 Å². The van der Waals surface area contributed by atoms with E-state index in [4.69, 9.17) is 4.98 Å². The SMILES string of the molecule is CN(CC1CCCC1O)C(=O)c1cc(C2CC2)nc2ccccc12. The summed E-state index contributed by atoms with van der Waals surface area (Å²) in [6.07, 6.45) is 4.99. The van der Waals surface area contributed by atoms with Crippen molar-refractivity contribution >= 4 is 16.8 Å². The van der Waals surface area contributed by atoms with Gasteiger partial charge in [-0.2, -0.15) is 0 Å². The molecule has 0 spiro atoms. The Morgan fingerprint density at radius 3 is 2.75 bits per heavy atom. The maximum absolute atomic E-state index is 13.1. The van der Waals surface area contributed by atoms with E-state index >= 15 is 0 Å².